The van der Waals surface area contributed by atoms with Crippen LogP contribution in [0.15, 0.2) is 54.6 Å². The van der Waals surface area contributed by atoms with E-state index in [1.165, 1.54) is 0 Å². The van der Waals surface area contributed by atoms with Gasteiger partial charge in [0.05, 0.1) is 6.10 Å². The molecule has 5 nitrogen and oxygen atoms in total. The van der Waals surface area contributed by atoms with Crippen LogP contribution in [0, 0.1) is 0 Å². The summed E-state index contributed by atoms with van der Waals surface area (Å²) in [7, 11) is 0. The van der Waals surface area contributed by atoms with Crippen LogP contribution in [0.2, 0.25) is 5.02 Å². The van der Waals surface area contributed by atoms with Crippen LogP contribution >= 0.6 is 11.6 Å². The fourth-order valence-corrected chi connectivity index (χ4v) is 3.29. The molecule has 0 spiro atoms. The first-order valence-electron chi connectivity index (χ1n) is 10.8. The number of aryl methyl sites for hydroxylation is 1. The highest BCUT2D eigenvalue weighted by atomic mass is 35.5. The molecular formula is C25H33ClN2O3. The summed E-state index contributed by atoms with van der Waals surface area (Å²) >= 11 is 5.99. The van der Waals surface area contributed by atoms with Crippen LogP contribution in [-0.2, 0) is 27.3 Å². The van der Waals surface area contributed by atoms with Crippen LogP contribution < -0.4 is 5.32 Å². The molecule has 1 N–H and O–H groups in total. The van der Waals surface area contributed by atoms with Crippen molar-refractivity contribution in [1.82, 2.24) is 10.2 Å². The number of hydrogen-bond acceptors (Lipinski definition) is 3. The van der Waals surface area contributed by atoms with Crippen molar-refractivity contribution in [2.75, 3.05) is 13.2 Å². The van der Waals surface area contributed by atoms with E-state index < -0.39 is 6.04 Å². The Labute approximate surface area is 190 Å². The molecule has 0 aliphatic rings. The van der Waals surface area contributed by atoms with E-state index in [0.717, 1.165) is 17.5 Å². The number of nitrogens with one attached hydrogen (secondary N) is 1. The number of ether oxygens (including phenoxy) is 1. The molecule has 6 heteroatoms. The SMILES string of the molecule is CC(C)OCCCNC(=O)[C@@H](C)N(Cc1ccc(Cl)cc1)C(=O)CCc1ccccc1. The third-order valence-electron chi connectivity index (χ3n) is 4.98. The molecule has 168 valence electrons. The first-order valence-corrected chi connectivity index (χ1v) is 11.2. The Hall–Kier alpha value is -2.37. The molecule has 0 unspecified atom stereocenters. The summed E-state index contributed by atoms with van der Waals surface area (Å²) in [5.41, 5.74) is 2.03. The van der Waals surface area contributed by atoms with Gasteiger partial charge in [-0.05, 0) is 56.9 Å². The van der Waals surface area contributed by atoms with Crippen LogP contribution in [-0.4, -0.2) is 42.0 Å². The topological polar surface area (TPSA) is 58.6 Å². The molecule has 0 heterocycles. The highest BCUT2D eigenvalue weighted by Crippen LogP contribution is 2.15. The van der Waals surface area contributed by atoms with Crippen molar-refractivity contribution in [3.63, 3.8) is 0 Å². The fourth-order valence-electron chi connectivity index (χ4n) is 3.16. The Morgan fingerprint density at radius 1 is 1.00 bits per heavy atom. The van der Waals surface area contributed by atoms with E-state index in [1.54, 1.807) is 24.0 Å². The molecule has 2 rings (SSSR count). The summed E-state index contributed by atoms with van der Waals surface area (Å²) in [5, 5.41) is 3.57. The summed E-state index contributed by atoms with van der Waals surface area (Å²) in [6.07, 6.45) is 1.89. The third-order valence-corrected chi connectivity index (χ3v) is 5.23. The summed E-state index contributed by atoms with van der Waals surface area (Å²) in [4.78, 5) is 27.5. The minimum atomic E-state index is -0.579. The van der Waals surface area contributed by atoms with E-state index in [9.17, 15) is 9.59 Å². The normalized spacial score (nSPS) is 11.9. The highest BCUT2D eigenvalue weighted by Gasteiger charge is 2.25. The van der Waals surface area contributed by atoms with E-state index in [2.05, 4.69) is 5.32 Å². The van der Waals surface area contributed by atoms with Crippen molar-refractivity contribution in [2.24, 2.45) is 0 Å². The number of amides is 2. The fraction of sp³-hybridized carbons (Fsp3) is 0.440. The molecule has 0 aliphatic carbocycles. The predicted octanol–water partition coefficient (Wildman–Crippen LogP) is 4.62. The van der Waals surface area contributed by atoms with Crippen LogP contribution in [0.5, 0.6) is 0 Å². The maximum Gasteiger partial charge on any atom is 0.242 e. The quantitative estimate of drug-likeness (QED) is 0.486. The first kappa shape index (κ1) is 24.9. The average Bonchev–Trinajstić information content (AvgIpc) is 2.76. The zero-order valence-corrected chi connectivity index (χ0v) is 19.4. The van der Waals surface area contributed by atoms with Crippen LogP contribution in [0.4, 0.5) is 0 Å². The Morgan fingerprint density at radius 2 is 1.68 bits per heavy atom. The Morgan fingerprint density at radius 3 is 2.32 bits per heavy atom. The van der Waals surface area contributed by atoms with Gasteiger partial charge in [-0.2, -0.15) is 0 Å². The van der Waals surface area contributed by atoms with Gasteiger partial charge in [-0.1, -0.05) is 54.1 Å². The van der Waals surface area contributed by atoms with Crippen LogP contribution in [0.25, 0.3) is 0 Å². The predicted molar refractivity (Wildman–Crippen MR) is 125 cm³/mol. The number of halogens is 1. The van der Waals surface area contributed by atoms with E-state index in [0.29, 0.717) is 37.6 Å². The molecule has 0 bridgehead atoms. The first-order chi connectivity index (χ1) is 14.9. The number of carbonyl (C=O) groups is 2. The number of nitrogens with zero attached hydrogens (tertiary/aromatic N) is 1. The Balaban J connectivity index is 2.00. The van der Waals surface area contributed by atoms with Gasteiger partial charge in [0.1, 0.15) is 6.04 Å². The van der Waals surface area contributed by atoms with Gasteiger partial charge in [0.25, 0.3) is 0 Å². The number of rotatable bonds is 12. The highest BCUT2D eigenvalue weighted by molar-refractivity contribution is 6.30. The molecule has 0 aliphatic heterocycles. The second-order valence-corrected chi connectivity index (χ2v) is 8.31. The van der Waals surface area contributed by atoms with Gasteiger partial charge >= 0.3 is 0 Å². The second kappa shape index (κ2) is 13.1. The van der Waals surface area contributed by atoms with Crippen molar-refractivity contribution >= 4 is 23.4 Å². The van der Waals surface area contributed by atoms with Crippen LogP contribution in [0.1, 0.15) is 44.7 Å². The zero-order valence-electron chi connectivity index (χ0n) is 18.6. The molecule has 31 heavy (non-hydrogen) atoms. The molecule has 0 aromatic heterocycles. The third kappa shape index (κ3) is 9.11. The lowest BCUT2D eigenvalue weighted by Gasteiger charge is -2.29. The molecule has 1 atom stereocenters. The molecule has 0 saturated carbocycles. The molecule has 0 radical (unpaired) electrons. The number of carbonyl (C=O) groups excluding carboxylic acids is 2. The number of benzene rings is 2. The lowest BCUT2D eigenvalue weighted by Crippen LogP contribution is -2.48. The van der Waals surface area contributed by atoms with Crippen LogP contribution in [0.3, 0.4) is 0 Å². The molecule has 0 saturated heterocycles. The summed E-state index contributed by atoms with van der Waals surface area (Å²) in [5.74, 6) is -0.212. The molecule has 2 aromatic carbocycles. The van der Waals surface area contributed by atoms with Gasteiger partial charge in [0.2, 0.25) is 11.8 Å². The lowest BCUT2D eigenvalue weighted by atomic mass is 10.1. The van der Waals surface area contributed by atoms with E-state index in [4.69, 9.17) is 16.3 Å². The van der Waals surface area contributed by atoms with E-state index in [1.807, 2.05) is 56.3 Å². The van der Waals surface area contributed by atoms with Gasteiger partial charge in [-0.15, -0.1) is 0 Å². The average molecular weight is 445 g/mol. The molecule has 2 aromatic rings. The minimum Gasteiger partial charge on any atom is -0.379 e. The van der Waals surface area contributed by atoms with Crippen molar-refractivity contribution in [3.8, 4) is 0 Å². The lowest BCUT2D eigenvalue weighted by molar-refractivity contribution is -0.140. The summed E-state index contributed by atoms with van der Waals surface area (Å²) in [6.45, 7) is 7.21. The molecule has 0 fully saturated rings. The standard InChI is InChI=1S/C25H33ClN2O3/c1-19(2)31-17-7-16-27-25(30)20(3)28(18-22-10-13-23(26)14-11-22)24(29)15-12-21-8-5-4-6-9-21/h4-6,8-11,13-14,19-20H,7,12,15-18H2,1-3H3,(H,27,30)/t20-/m1/s1. The maximum absolute atomic E-state index is 13.1. The van der Waals surface area contributed by atoms with Crippen molar-refractivity contribution in [1.29, 1.82) is 0 Å². The minimum absolute atomic E-state index is 0.0513. The monoisotopic (exact) mass is 444 g/mol. The smallest absolute Gasteiger partial charge is 0.242 e. The summed E-state index contributed by atoms with van der Waals surface area (Å²) < 4.78 is 5.51. The van der Waals surface area contributed by atoms with Crippen molar-refractivity contribution in [3.05, 3.63) is 70.7 Å². The van der Waals surface area contributed by atoms with Gasteiger partial charge in [-0.3, -0.25) is 9.59 Å². The molecular weight excluding hydrogens is 412 g/mol. The number of hydrogen-bond donors (Lipinski definition) is 1. The maximum atomic E-state index is 13.1. The van der Waals surface area contributed by atoms with Gasteiger partial charge in [0, 0.05) is 31.1 Å². The van der Waals surface area contributed by atoms with E-state index >= 15 is 0 Å². The van der Waals surface area contributed by atoms with Crippen molar-refractivity contribution < 1.29 is 14.3 Å². The van der Waals surface area contributed by atoms with Crippen molar-refractivity contribution in [2.45, 2.75) is 58.7 Å². The van der Waals surface area contributed by atoms with Gasteiger partial charge in [-0.25, -0.2) is 0 Å². The Bertz CT molecular complexity index is 809. The zero-order chi connectivity index (χ0) is 22.6. The molecule has 2 amide bonds. The summed E-state index contributed by atoms with van der Waals surface area (Å²) in [6, 6.07) is 16.7. The van der Waals surface area contributed by atoms with E-state index in [-0.39, 0.29) is 17.9 Å². The Kier molecular flexibility index (Phi) is 10.5. The second-order valence-electron chi connectivity index (χ2n) is 7.87. The largest absolute Gasteiger partial charge is 0.379 e. The van der Waals surface area contributed by atoms with Gasteiger partial charge < -0.3 is 15.0 Å². The van der Waals surface area contributed by atoms with Gasteiger partial charge in [0.15, 0.2) is 0 Å².